The normalized spacial score (nSPS) is 15.5. The van der Waals surface area contributed by atoms with E-state index < -0.39 is 0 Å². The highest BCUT2D eigenvalue weighted by Crippen LogP contribution is 2.11. The highest BCUT2D eigenvalue weighted by Gasteiger charge is 2.10. The van der Waals surface area contributed by atoms with Crippen LogP contribution in [-0.4, -0.2) is 24.3 Å². The molecule has 0 bridgehead atoms. The highest BCUT2D eigenvalue weighted by atomic mass is 32.2. The van der Waals surface area contributed by atoms with Crippen LogP contribution in [0.5, 0.6) is 0 Å². The average molecular weight is 227 g/mol. The number of thioether (sulfide) groups is 1. The van der Waals surface area contributed by atoms with Crippen LogP contribution in [0.25, 0.3) is 0 Å². The Morgan fingerprint density at radius 3 is 2.73 bits per heavy atom. The predicted octanol–water partition coefficient (Wildman–Crippen LogP) is 2.75. The molecule has 0 aromatic carbocycles. The lowest BCUT2D eigenvalue weighted by atomic mass is 10.2. The van der Waals surface area contributed by atoms with Gasteiger partial charge in [0.15, 0.2) is 5.78 Å². The number of hydrogen-bond acceptors (Lipinski definition) is 3. The molecule has 86 valence electrons. The van der Waals surface area contributed by atoms with Crippen molar-refractivity contribution in [3.05, 3.63) is 11.8 Å². The van der Waals surface area contributed by atoms with Crippen LogP contribution in [0, 0.1) is 0 Å². The molecule has 1 aliphatic rings. The van der Waals surface area contributed by atoms with E-state index in [-0.39, 0.29) is 5.78 Å². The third kappa shape index (κ3) is 5.88. The second kappa shape index (κ2) is 7.80. The molecule has 0 spiro atoms. The molecule has 0 atom stereocenters. The van der Waals surface area contributed by atoms with Gasteiger partial charge in [-0.25, -0.2) is 0 Å². The maximum Gasteiger partial charge on any atom is 0.157 e. The Balaban J connectivity index is 1.89. The summed E-state index contributed by atoms with van der Waals surface area (Å²) in [7, 11) is 0. The molecule has 0 saturated heterocycles. The first-order chi connectivity index (χ1) is 7.33. The Morgan fingerprint density at radius 2 is 2.07 bits per heavy atom. The van der Waals surface area contributed by atoms with Gasteiger partial charge in [-0.2, -0.15) is 11.8 Å². The van der Waals surface area contributed by atoms with Crippen molar-refractivity contribution < 1.29 is 4.79 Å². The molecule has 1 N–H and O–H groups in total. The zero-order valence-corrected chi connectivity index (χ0v) is 10.4. The van der Waals surface area contributed by atoms with Crippen molar-refractivity contribution in [2.75, 3.05) is 18.6 Å². The summed E-state index contributed by atoms with van der Waals surface area (Å²) >= 11 is 1.92. The fraction of sp³-hybridized carbons (Fsp3) is 0.750. The van der Waals surface area contributed by atoms with Gasteiger partial charge in [-0.15, -0.1) is 0 Å². The van der Waals surface area contributed by atoms with E-state index in [1.807, 2.05) is 11.8 Å². The van der Waals surface area contributed by atoms with E-state index in [9.17, 15) is 4.79 Å². The number of allylic oxidation sites excluding steroid dienone is 2. The van der Waals surface area contributed by atoms with Gasteiger partial charge in [-0.1, -0.05) is 12.8 Å². The molecule has 0 aliphatic heterocycles. The van der Waals surface area contributed by atoms with Crippen molar-refractivity contribution in [1.82, 2.24) is 5.32 Å². The van der Waals surface area contributed by atoms with Gasteiger partial charge in [-0.05, 0) is 31.3 Å². The first-order valence-corrected chi connectivity index (χ1v) is 7.18. The molecule has 0 unspecified atom stereocenters. The summed E-state index contributed by atoms with van der Waals surface area (Å²) in [6.45, 7) is 1.03. The molecular weight excluding hydrogens is 206 g/mol. The monoisotopic (exact) mass is 227 g/mol. The summed E-state index contributed by atoms with van der Waals surface area (Å²) < 4.78 is 0. The van der Waals surface area contributed by atoms with Crippen LogP contribution in [-0.2, 0) is 4.79 Å². The lowest BCUT2D eigenvalue weighted by Crippen LogP contribution is -2.13. The van der Waals surface area contributed by atoms with Crippen LogP contribution >= 0.6 is 11.8 Å². The lowest BCUT2D eigenvalue weighted by molar-refractivity contribution is -0.114. The molecule has 0 amide bonds. The zero-order chi connectivity index (χ0) is 10.9. The molecule has 0 radical (unpaired) electrons. The van der Waals surface area contributed by atoms with Gasteiger partial charge < -0.3 is 5.32 Å². The molecule has 1 rings (SSSR count). The number of carbonyl (C=O) groups is 1. The second-order valence-corrected chi connectivity index (χ2v) is 4.96. The van der Waals surface area contributed by atoms with Gasteiger partial charge in [0.05, 0.1) is 0 Å². The Hall–Kier alpha value is -0.440. The van der Waals surface area contributed by atoms with E-state index in [2.05, 4.69) is 11.6 Å². The fourth-order valence-electron chi connectivity index (χ4n) is 1.71. The number of hydrogen-bond donors (Lipinski definition) is 1. The summed E-state index contributed by atoms with van der Waals surface area (Å²) in [5.41, 5.74) is 1.14. The van der Waals surface area contributed by atoms with Crippen LogP contribution in [0.15, 0.2) is 11.8 Å². The minimum Gasteiger partial charge on any atom is -0.388 e. The van der Waals surface area contributed by atoms with E-state index in [0.717, 1.165) is 18.7 Å². The van der Waals surface area contributed by atoms with Crippen molar-refractivity contribution >= 4 is 17.5 Å². The van der Waals surface area contributed by atoms with E-state index in [0.29, 0.717) is 6.42 Å². The maximum absolute atomic E-state index is 10.9. The Bertz CT molecular complexity index is 226. The molecule has 0 aromatic heterocycles. The summed E-state index contributed by atoms with van der Waals surface area (Å²) in [4.78, 5) is 10.9. The molecule has 0 saturated carbocycles. The number of rotatable bonds is 8. The molecule has 1 aliphatic carbocycles. The van der Waals surface area contributed by atoms with Crippen LogP contribution in [0.3, 0.4) is 0 Å². The zero-order valence-electron chi connectivity index (χ0n) is 9.55. The van der Waals surface area contributed by atoms with E-state index in [1.54, 1.807) is 6.08 Å². The second-order valence-electron chi connectivity index (χ2n) is 3.97. The number of unbranched alkanes of at least 4 members (excludes halogenated alkanes) is 3. The van der Waals surface area contributed by atoms with Gasteiger partial charge in [0.1, 0.15) is 0 Å². The van der Waals surface area contributed by atoms with Crippen molar-refractivity contribution in [3.63, 3.8) is 0 Å². The molecule has 0 fully saturated rings. The minimum absolute atomic E-state index is 0.275. The largest absolute Gasteiger partial charge is 0.388 e. The van der Waals surface area contributed by atoms with Crippen molar-refractivity contribution in [1.29, 1.82) is 0 Å². The summed E-state index contributed by atoms with van der Waals surface area (Å²) in [6.07, 6.45) is 10.7. The number of nitrogens with one attached hydrogen (secondary N) is 1. The standard InChI is InChI=1S/C12H21NOS/c1-15-9-5-3-2-4-8-13-11-6-7-12(14)10-11/h10,13H,2-9H2,1H3. The first kappa shape index (κ1) is 12.6. The summed E-state index contributed by atoms with van der Waals surface area (Å²) in [5, 5.41) is 3.34. The van der Waals surface area contributed by atoms with Crippen molar-refractivity contribution in [2.24, 2.45) is 0 Å². The molecule has 2 nitrogen and oxygen atoms in total. The topological polar surface area (TPSA) is 29.1 Å². The Morgan fingerprint density at radius 1 is 1.27 bits per heavy atom. The van der Waals surface area contributed by atoms with Crippen LogP contribution in [0.2, 0.25) is 0 Å². The average Bonchev–Trinajstić information content (AvgIpc) is 2.63. The van der Waals surface area contributed by atoms with E-state index >= 15 is 0 Å². The highest BCUT2D eigenvalue weighted by molar-refractivity contribution is 7.98. The quantitative estimate of drug-likeness (QED) is 0.646. The fourth-order valence-corrected chi connectivity index (χ4v) is 2.20. The van der Waals surface area contributed by atoms with Gasteiger partial charge >= 0.3 is 0 Å². The van der Waals surface area contributed by atoms with E-state index in [4.69, 9.17) is 0 Å². The molecule has 0 aromatic rings. The van der Waals surface area contributed by atoms with E-state index in [1.165, 1.54) is 31.4 Å². The maximum atomic E-state index is 10.9. The van der Waals surface area contributed by atoms with Crippen molar-refractivity contribution in [3.8, 4) is 0 Å². The molecule has 0 heterocycles. The molecule has 15 heavy (non-hydrogen) atoms. The predicted molar refractivity (Wildman–Crippen MR) is 67.2 cm³/mol. The SMILES string of the molecule is CSCCCCCCNC1=CC(=O)CC1. The Labute approximate surface area is 96.9 Å². The first-order valence-electron chi connectivity index (χ1n) is 5.79. The summed E-state index contributed by atoms with van der Waals surface area (Å²) in [6, 6.07) is 0. The number of ketones is 1. The van der Waals surface area contributed by atoms with Gasteiger partial charge in [0, 0.05) is 24.7 Å². The van der Waals surface area contributed by atoms with Crippen LogP contribution < -0.4 is 5.32 Å². The van der Waals surface area contributed by atoms with Gasteiger partial charge in [-0.3, -0.25) is 4.79 Å². The third-order valence-electron chi connectivity index (χ3n) is 2.60. The third-order valence-corrected chi connectivity index (χ3v) is 3.30. The van der Waals surface area contributed by atoms with Crippen LogP contribution in [0.4, 0.5) is 0 Å². The van der Waals surface area contributed by atoms with Gasteiger partial charge in [0.25, 0.3) is 0 Å². The Kier molecular flexibility index (Phi) is 6.57. The molecule has 3 heteroatoms. The molecular formula is C12H21NOS. The lowest BCUT2D eigenvalue weighted by Gasteiger charge is -2.05. The minimum atomic E-state index is 0.275. The van der Waals surface area contributed by atoms with Crippen LogP contribution in [0.1, 0.15) is 38.5 Å². The van der Waals surface area contributed by atoms with Gasteiger partial charge in [0.2, 0.25) is 0 Å². The van der Waals surface area contributed by atoms with Crippen molar-refractivity contribution in [2.45, 2.75) is 38.5 Å². The number of carbonyl (C=O) groups excluding carboxylic acids is 1. The smallest absolute Gasteiger partial charge is 0.157 e. The summed E-state index contributed by atoms with van der Waals surface area (Å²) in [5.74, 6) is 1.56.